The topological polar surface area (TPSA) is 37.3 Å². The molecule has 1 aromatic rings. The first-order valence-corrected chi connectivity index (χ1v) is 7.76. The molecule has 0 radical (unpaired) electrons. The molecule has 0 amide bonds. The highest BCUT2D eigenvalue weighted by atomic mass is 19.4. The third-order valence-electron chi connectivity index (χ3n) is 3.76. The predicted octanol–water partition coefficient (Wildman–Crippen LogP) is 5.62. The summed E-state index contributed by atoms with van der Waals surface area (Å²) in [7, 11) is 0. The van der Waals surface area contributed by atoms with Crippen LogP contribution in [-0.4, -0.2) is 11.1 Å². The molecule has 0 saturated carbocycles. The molecule has 0 aromatic heterocycles. The molecule has 1 atom stereocenters. The minimum absolute atomic E-state index is 0.232. The van der Waals surface area contributed by atoms with Gasteiger partial charge in [0, 0.05) is 0 Å². The summed E-state index contributed by atoms with van der Waals surface area (Å²) in [6.45, 7) is 2.12. The Morgan fingerprint density at radius 3 is 2.36 bits per heavy atom. The van der Waals surface area contributed by atoms with Gasteiger partial charge in [0.2, 0.25) is 0 Å². The maximum Gasteiger partial charge on any atom is 0.416 e. The van der Waals surface area contributed by atoms with Gasteiger partial charge in [0.05, 0.1) is 11.5 Å². The molecular weight excluding hydrogens is 293 g/mol. The zero-order valence-electron chi connectivity index (χ0n) is 12.8. The van der Waals surface area contributed by atoms with Crippen LogP contribution in [0.4, 0.5) is 13.2 Å². The molecule has 0 spiro atoms. The molecule has 124 valence electrons. The van der Waals surface area contributed by atoms with Gasteiger partial charge in [0.15, 0.2) is 0 Å². The first-order chi connectivity index (χ1) is 10.4. The van der Waals surface area contributed by atoms with Crippen molar-refractivity contribution in [1.29, 1.82) is 0 Å². The molecule has 22 heavy (non-hydrogen) atoms. The maximum atomic E-state index is 12.7. The van der Waals surface area contributed by atoms with E-state index in [0.29, 0.717) is 6.42 Å². The Balaban J connectivity index is 2.65. The summed E-state index contributed by atoms with van der Waals surface area (Å²) >= 11 is 0. The summed E-state index contributed by atoms with van der Waals surface area (Å²) in [6, 6.07) is 4.66. The fourth-order valence-electron chi connectivity index (χ4n) is 2.49. The van der Waals surface area contributed by atoms with Crippen LogP contribution in [0.3, 0.4) is 0 Å². The number of rotatable bonds is 9. The number of hydrogen-bond acceptors (Lipinski definition) is 1. The number of benzene rings is 1. The molecule has 5 heteroatoms. The van der Waals surface area contributed by atoms with E-state index in [0.717, 1.165) is 50.7 Å². The fraction of sp³-hybridized carbons (Fsp3) is 0.588. The number of hydrogen-bond donors (Lipinski definition) is 1. The van der Waals surface area contributed by atoms with Gasteiger partial charge in [-0.05, 0) is 18.1 Å². The van der Waals surface area contributed by atoms with Crippen LogP contribution in [0.25, 0.3) is 0 Å². The Labute approximate surface area is 129 Å². The van der Waals surface area contributed by atoms with Crippen molar-refractivity contribution in [2.75, 3.05) is 0 Å². The third kappa shape index (κ3) is 6.08. The predicted molar refractivity (Wildman–Crippen MR) is 79.8 cm³/mol. The summed E-state index contributed by atoms with van der Waals surface area (Å²) < 4.78 is 38.1. The van der Waals surface area contributed by atoms with Crippen LogP contribution < -0.4 is 0 Å². The summed E-state index contributed by atoms with van der Waals surface area (Å²) in [5.74, 6) is -1.93. The molecular formula is C17H23F3O2. The van der Waals surface area contributed by atoms with Crippen molar-refractivity contribution in [3.63, 3.8) is 0 Å². The average Bonchev–Trinajstić information content (AvgIpc) is 2.45. The van der Waals surface area contributed by atoms with E-state index >= 15 is 0 Å². The fourth-order valence-corrected chi connectivity index (χ4v) is 2.49. The van der Waals surface area contributed by atoms with Gasteiger partial charge in [0.1, 0.15) is 0 Å². The van der Waals surface area contributed by atoms with Gasteiger partial charge in [-0.2, -0.15) is 13.2 Å². The molecule has 1 N–H and O–H groups in total. The van der Waals surface area contributed by atoms with E-state index in [2.05, 4.69) is 6.92 Å². The zero-order valence-corrected chi connectivity index (χ0v) is 12.8. The summed E-state index contributed by atoms with van der Waals surface area (Å²) in [6.07, 6.45) is 2.04. The number of carboxylic acids is 1. The second-order valence-corrected chi connectivity index (χ2v) is 5.57. The number of carboxylic acid groups (broad SMARTS) is 1. The van der Waals surface area contributed by atoms with Crippen LogP contribution in [0.2, 0.25) is 0 Å². The molecule has 2 nitrogen and oxygen atoms in total. The summed E-state index contributed by atoms with van der Waals surface area (Å²) in [5.41, 5.74) is -0.560. The molecule has 0 heterocycles. The lowest BCUT2D eigenvalue weighted by atomic mass is 9.92. The summed E-state index contributed by atoms with van der Waals surface area (Å²) in [4.78, 5) is 11.3. The van der Waals surface area contributed by atoms with Crippen LogP contribution in [0.15, 0.2) is 24.3 Å². The molecule has 0 saturated heterocycles. The van der Waals surface area contributed by atoms with Crippen LogP contribution in [-0.2, 0) is 11.0 Å². The standard InChI is InChI=1S/C17H23F3O2/c1-2-3-4-5-6-7-11-15(16(21)22)13-9-8-10-14(12-13)17(18,19)20/h8-10,12,15H,2-7,11H2,1H3,(H,21,22). The van der Waals surface area contributed by atoms with Crippen molar-refractivity contribution in [3.05, 3.63) is 35.4 Å². The molecule has 1 aromatic carbocycles. The average molecular weight is 316 g/mol. The Morgan fingerprint density at radius 1 is 1.14 bits per heavy atom. The molecule has 0 fully saturated rings. The normalized spacial score (nSPS) is 13.1. The lowest BCUT2D eigenvalue weighted by Crippen LogP contribution is -2.13. The number of alkyl halides is 3. The van der Waals surface area contributed by atoms with Gasteiger partial charge in [-0.3, -0.25) is 4.79 Å². The Bertz CT molecular complexity index is 469. The first kappa shape index (κ1) is 18.5. The molecule has 0 bridgehead atoms. The molecule has 0 aliphatic heterocycles. The quantitative estimate of drug-likeness (QED) is 0.600. The highest BCUT2D eigenvalue weighted by Crippen LogP contribution is 2.32. The van der Waals surface area contributed by atoms with Gasteiger partial charge >= 0.3 is 12.1 Å². The number of halogens is 3. The van der Waals surface area contributed by atoms with E-state index in [1.54, 1.807) is 0 Å². The first-order valence-electron chi connectivity index (χ1n) is 7.76. The van der Waals surface area contributed by atoms with Crippen LogP contribution >= 0.6 is 0 Å². The molecule has 1 unspecified atom stereocenters. The highest BCUT2D eigenvalue weighted by molar-refractivity contribution is 5.76. The molecule has 0 aliphatic rings. The lowest BCUT2D eigenvalue weighted by Gasteiger charge is -2.15. The maximum absolute atomic E-state index is 12.7. The largest absolute Gasteiger partial charge is 0.481 e. The summed E-state index contributed by atoms with van der Waals surface area (Å²) in [5, 5.41) is 9.28. The van der Waals surface area contributed by atoms with Crippen molar-refractivity contribution in [2.45, 2.75) is 64.0 Å². The van der Waals surface area contributed by atoms with Crippen molar-refractivity contribution in [1.82, 2.24) is 0 Å². The zero-order chi connectivity index (χ0) is 16.6. The van der Waals surface area contributed by atoms with E-state index in [1.807, 2.05) is 0 Å². The van der Waals surface area contributed by atoms with Gasteiger partial charge < -0.3 is 5.11 Å². The second kappa shape index (κ2) is 8.81. The molecule has 1 rings (SSSR count). The Hall–Kier alpha value is -1.52. The second-order valence-electron chi connectivity index (χ2n) is 5.57. The minimum atomic E-state index is -4.45. The third-order valence-corrected chi connectivity index (χ3v) is 3.76. The smallest absolute Gasteiger partial charge is 0.416 e. The monoisotopic (exact) mass is 316 g/mol. The van der Waals surface area contributed by atoms with Crippen molar-refractivity contribution in [3.8, 4) is 0 Å². The van der Waals surface area contributed by atoms with E-state index in [9.17, 15) is 23.1 Å². The van der Waals surface area contributed by atoms with Crippen molar-refractivity contribution in [2.24, 2.45) is 0 Å². The number of carbonyl (C=O) groups is 1. The number of aliphatic carboxylic acids is 1. The van der Waals surface area contributed by atoms with Gasteiger partial charge in [-0.15, -0.1) is 0 Å². The Kier molecular flexibility index (Phi) is 7.42. The van der Waals surface area contributed by atoms with E-state index < -0.39 is 23.6 Å². The highest BCUT2D eigenvalue weighted by Gasteiger charge is 2.31. The van der Waals surface area contributed by atoms with Crippen LogP contribution in [0.5, 0.6) is 0 Å². The van der Waals surface area contributed by atoms with E-state index in [4.69, 9.17) is 0 Å². The van der Waals surface area contributed by atoms with E-state index in [-0.39, 0.29) is 5.56 Å². The SMILES string of the molecule is CCCCCCCCC(C(=O)O)c1cccc(C(F)(F)F)c1. The van der Waals surface area contributed by atoms with E-state index in [1.165, 1.54) is 12.1 Å². The Morgan fingerprint density at radius 2 is 1.77 bits per heavy atom. The number of unbranched alkanes of at least 4 members (excludes halogenated alkanes) is 5. The van der Waals surface area contributed by atoms with Gasteiger partial charge in [-0.1, -0.05) is 63.6 Å². The van der Waals surface area contributed by atoms with Gasteiger partial charge in [-0.25, -0.2) is 0 Å². The lowest BCUT2D eigenvalue weighted by molar-refractivity contribution is -0.140. The van der Waals surface area contributed by atoms with Crippen molar-refractivity contribution < 1.29 is 23.1 Å². The van der Waals surface area contributed by atoms with Gasteiger partial charge in [0.25, 0.3) is 0 Å². The van der Waals surface area contributed by atoms with Crippen molar-refractivity contribution >= 4 is 5.97 Å². The minimum Gasteiger partial charge on any atom is -0.481 e. The van der Waals surface area contributed by atoms with Crippen LogP contribution in [0.1, 0.15) is 68.9 Å². The molecule has 0 aliphatic carbocycles. The van der Waals surface area contributed by atoms with Crippen LogP contribution in [0, 0.1) is 0 Å².